The Morgan fingerprint density at radius 3 is 2.69 bits per heavy atom. The largest absolute Gasteiger partial charge is 0.496 e. The molecule has 0 unspecified atom stereocenters. The maximum atomic E-state index is 12.0. The Labute approximate surface area is 95.8 Å². The zero-order valence-electron chi connectivity index (χ0n) is 9.53. The number of ether oxygens (including phenoxy) is 1. The predicted molar refractivity (Wildman–Crippen MR) is 62.7 cm³/mol. The number of carbonyl (C=O) groups is 1. The molecule has 0 saturated heterocycles. The summed E-state index contributed by atoms with van der Waals surface area (Å²) in [6.45, 7) is 0. The zero-order valence-corrected chi connectivity index (χ0v) is 9.53. The van der Waals surface area contributed by atoms with Gasteiger partial charge in [0, 0.05) is 6.04 Å². The molecule has 2 rings (SSSR count). The Morgan fingerprint density at radius 2 is 2.00 bits per heavy atom. The molecule has 1 aliphatic carbocycles. The number of benzene rings is 1. The maximum Gasteiger partial charge on any atom is 0.255 e. The van der Waals surface area contributed by atoms with Crippen molar-refractivity contribution in [1.29, 1.82) is 0 Å². The summed E-state index contributed by atoms with van der Waals surface area (Å²) in [7, 11) is 1.59. The third-order valence-electron chi connectivity index (χ3n) is 3.04. The van der Waals surface area contributed by atoms with Gasteiger partial charge in [0.2, 0.25) is 0 Å². The second-order valence-corrected chi connectivity index (χ2v) is 4.16. The van der Waals surface area contributed by atoms with Crippen LogP contribution in [0.4, 0.5) is 0 Å². The van der Waals surface area contributed by atoms with Crippen LogP contribution in [0, 0.1) is 0 Å². The summed E-state index contributed by atoms with van der Waals surface area (Å²) >= 11 is 0. The molecular formula is C13H17NO2. The number of amides is 1. The van der Waals surface area contributed by atoms with Crippen LogP contribution in [-0.4, -0.2) is 19.1 Å². The van der Waals surface area contributed by atoms with Crippen LogP contribution in [0.5, 0.6) is 5.75 Å². The van der Waals surface area contributed by atoms with Gasteiger partial charge < -0.3 is 10.1 Å². The first kappa shape index (κ1) is 11.0. The van der Waals surface area contributed by atoms with Gasteiger partial charge in [-0.15, -0.1) is 0 Å². The van der Waals surface area contributed by atoms with E-state index in [-0.39, 0.29) is 5.91 Å². The van der Waals surface area contributed by atoms with E-state index in [0.29, 0.717) is 17.4 Å². The third kappa shape index (κ3) is 2.35. The molecule has 1 aliphatic rings. The van der Waals surface area contributed by atoms with Gasteiger partial charge in [0.05, 0.1) is 12.7 Å². The molecule has 0 atom stereocenters. The highest BCUT2D eigenvalue weighted by Crippen LogP contribution is 2.21. The molecule has 16 heavy (non-hydrogen) atoms. The molecule has 1 aromatic rings. The molecule has 3 nitrogen and oxygen atoms in total. The molecule has 1 N–H and O–H groups in total. The highest BCUT2D eigenvalue weighted by Gasteiger charge is 2.19. The Balaban J connectivity index is 2.07. The average molecular weight is 219 g/mol. The number of methoxy groups -OCH3 is 1. The van der Waals surface area contributed by atoms with Crippen molar-refractivity contribution in [3.63, 3.8) is 0 Å². The predicted octanol–water partition coefficient (Wildman–Crippen LogP) is 2.37. The fourth-order valence-electron chi connectivity index (χ4n) is 2.17. The molecule has 0 bridgehead atoms. The van der Waals surface area contributed by atoms with E-state index in [4.69, 9.17) is 4.74 Å². The lowest BCUT2D eigenvalue weighted by atomic mass is 10.1. The van der Waals surface area contributed by atoms with E-state index < -0.39 is 0 Å². The van der Waals surface area contributed by atoms with Crippen LogP contribution in [0.1, 0.15) is 36.0 Å². The molecule has 1 saturated carbocycles. The molecular weight excluding hydrogens is 202 g/mol. The topological polar surface area (TPSA) is 38.3 Å². The lowest BCUT2D eigenvalue weighted by Crippen LogP contribution is -2.32. The van der Waals surface area contributed by atoms with Crippen molar-refractivity contribution >= 4 is 5.91 Å². The van der Waals surface area contributed by atoms with Crippen LogP contribution in [0.15, 0.2) is 24.3 Å². The lowest BCUT2D eigenvalue weighted by Gasteiger charge is -2.13. The first-order valence-electron chi connectivity index (χ1n) is 5.75. The number of para-hydroxylation sites is 1. The molecule has 0 aromatic heterocycles. The van der Waals surface area contributed by atoms with Crippen molar-refractivity contribution in [2.75, 3.05) is 7.11 Å². The summed E-state index contributed by atoms with van der Waals surface area (Å²) in [4.78, 5) is 12.0. The summed E-state index contributed by atoms with van der Waals surface area (Å²) in [5.41, 5.74) is 0.622. The van der Waals surface area contributed by atoms with Gasteiger partial charge in [-0.25, -0.2) is 0 Å². The summed E-state index contributed by atoms with van der Waals surface area (Å²) < 4.78 is 5.17. The fraction of sp³-hybridized carbons (Fsp3) is 0.462. The Morgan fingerprint density at radius 1 is 1.31 bits per heavy atom. The second-order valence-electron chi connectivity index (χ2n) is 4.16. The Bertz CT molecular complexity index is 370. The van der Waals surface area contributed by atoms with Crippen LogP contribution in [0.25, 0.3) is 0 Å². The van der Waals surface area contributed by atoms with Gasteiger partial charge in [0.15, 0.2) is 0 Å². The molecule has 1 amide bonds. The molecule has 1 aromatic carbocycles. The Kier molecular flexibility index (Phi) is 3.44. The number of hydrogen-bond donors (Lipinski definition) is 1. The normalized spacial score (nSPS) is 16.1. The average Bonchev–Trinajstić information content (AvgIpc) is 2.81. The minimum atomic E-state index is -0.0237. The van der Waals surface area contributed by atoms with Gasteiger partial charge in [-0.3, -0.25) is 4.79 Å². The van der Waals surface area contributed by atoms with E-state index in [9.17, 15) is 4.79 Å². The third-order valence-corrected chi connectivity index (χ3v) is 3.04. The maximum absolute atomic E-state index is 12.0. The van der Waals surface area contributed by atoms with E-state index in [0.717, 1.165) is 12.8 Å². The number of nitrogens with one attached hydrogen (secondary N) is 1. The van der Waals surface area contributed by atoms with Crippen LogP contribution >= 0.6 is 0 Å². The van der Waals surface area contributed by atoms with Gasteiger partial charge in [-0.05, 0) is 25.0 Å². The molecule has 0 aliphatic heterocycles. The van der Waals surface area contributed by atoms with Crippen molar-refractivity contribution in [3.05, 3.63) is 29.8 Å². The molecule has 0 heterocycles. The monoisotopic (exact) mass is 219 g/mol. The van der Waals surface area contributed by atoms with E-state index >= 15 is 0 Å². The molecule has 86 valence electrons. The summed E-state index contributed by atoms with van der Waals surface area (Å²) in [6, 6.07) is 7.67. The minimum absolute atomic E-state index is 0.0237. The quantitative estimate of drug-likeness (QED) is 0.847. The van der Waals surface area contributed by atoms with Crippen LogP contribution in [0.2, 0.25) is 0 Å². The zero-order chi connectivity index (χ0) is 11.4. The summed E-state index contributed by atoms with van der Waals surface area (Å²) in [5, 5.41) is 3.05. The standard InChI is InChI=1S/C13H17NO2/c1-16-12-9-5-4-8-11(12)13(15)14-10-6-2-3-7-10/h4-5,8-10H,2-3,6-7H2,1H3,(H,14,15). The number of carbonyl (C=O) groups excluding carboxylic acids is 1. The molecule has 3 heteroatoms. The van der Waals surface area contributed by atoms with Crippen molar-refractivity contribution < 1.29 is 9.53 Å². The number of rotatable bonds is 3. The van der Waals surface area contributed by atoms with Crippen molar-refractivity contribution in [2.24, 2.45) is 0 Å². The Hall–Kier alpha value is -1.51. The van der Waals surface area contributed by atoms with E-state index in [1.54, 1.807) is 13.2 Å². The fourth-order valence-corrected chi connectivity index (χ4v) is 2.17. The van der Waals surface area contributed by atoms with Gasteiger partial charge in [-0.1, -0.05) is 25.0 Å². The number of hydrogen-bond acceptors (Lipinski definition) is 2. The highest BCUT2D eigenvalue weighted by atomic mass is 16.5. The highest BCUT2D eigenvalue weighted by molar-refractivity contribution is 5.97. The molecule has 0 radical (unpaired) electrons. The first-order valence-corrected chi connectivity index (χ1v) is 5.75. The van der Waals surface area contributed by atoms with E-state index in [1.807, 2.05) is 18.2 Å². The second kappa shape index (κ2) is 5.01. The van der Waals surface area contributed by atoms with E-state index in [1.165, 1.54) is 12.8 Å². The SMILES string of the molecule is COc1ccccc1C(=O)NC1CCCC1. The van der Waals surface area contributed by atoms with Gasteiger partial charge in [0.25, 0.3) is 5.91 Å². The van der Waals surface area contributed by atoms with Crippen molar-refractivity contribution in [2.45, 2.75) is 31.7 Å². The van der Waals surface area contributed by atoms with Gasteiger partial charge in [0.1, 0.15) is 5.75 Å². The minimum Gasteiger partial charge on any atom is -0.496 e. The van der Waals surface area contributed by atoms with E-state index in [2.05, 4.69) is 5.32 Å². The summed E-state index contributed by atoms with van der Waals surface area (Å²) in [6.07, 6.45) is 4.63. The lowest BCUT2D eigenvalue weighted by molar-refractivity contribution is 0.0935. The van der Waals surface area contributed by atoms with Crippen LogP contribution in [-0.2, 0) is 0 Å². The molecule has 1 fully saturated rings. The van der Waals surface area contributed by atoms with Gasteiger partial charge >= 0.3 is 0 Å². The first-order chi connectivity index (χ1) is 7.81. The van der Waals surface area contributed by atoms with Crippen LogP contribution < -0.4 is 10.1 Å². The van der Waals surface area contributed by atoms with Gasteiger partial charge in [-0.2, -0.15) is 0 Å². The van der Waals surface area contributed by atoms with Crippen molar-refractivity contribution in [1.82, 2.24) is 5.32 Å². The smallest absolute Gasteiger partial charge is 0.255 e. The summed E-state index contributed by atoms with van der Waals surface area (Å²) in [5.74, 6) is 0.613. The van der Waals surface area contributed by atoms with Crippen molar-refractivity contribution in [3.8, 4) is 5.75 Å². The molecule has 0 spiro atoms. The van der Waals surface area contributed by atoms with Crippen LogP contribution in [0.3, 0.4) is 0 Å².